The summed E-state index contributed by atoms with van der Waals surface area (Å²) in [5, 5.41) is 9.07. The van der Waals surface area contributed by atoms with Gasteiger partial charge in [-0.05, 0) is 41.6 Å². The maximum Gasteiger partial charge on any atom is 0.161 e. The predicted molar refractivity (Wildman–Crippen MR) is 58.9 cm³/mol. The molecule has 1 rings (SSSR count). The lowest BCUT2D eigenvalue weighted by Crippen LogP contribution is -1.96. The Kier molecular flexibility index (Phi) is 3.28. The first kappa shape index (κ1) is 10.5. The molecule has 2 nitrogen and oxygen atoms in total. The number of hydrogen-bond acceptors (Lipinski definition) is 2. The second-order valence-corrected chi connectivity index (χ2v) is 4.03. The van der Waals surface area contributed by atoms with Gasteiger partial charge >= 0.3 is 0 Å². The molecule has 13 heavy (non-hydrogen) atoms. The third-order valence-corrected chi connectivity index (χ3v) is 3.11. The molecule has 4 heteroatoms. The van der Waals surface area contributed by atoms with Crippen LogP contribution in [0, 0.1) is 14.9 Å². The minimum Gasteiger partial charge on any atom is -0.294 e. The molecular formula is C9H5ClINO. The van der Waals surface area contributed by atoms with E-state index in [1.165, 1.54) is 13.0 Å². The maximum absolute atomic E-state index is 11.1. The molecule has 1 aromatic rings. The predicted octanol–water partition coefficient (Wildman–Crippen LogP) is 3.02. The molecule has 0 bridgehead atoms. The van der Waals surface area contributed by atoms with Gasteiger partial charge in [-0.25, -0.2) is 0 Å². The zero-order valence-electron chi connectivity index (χ0n) is 6.77. The number of carbonyl (C=O) groups excluding carboxylic acids is 1. The first-order valence-electron chi connectivity index (χ1n) is 3.46. The summed E-state index contributed by atoms with van der Waals surface area (Å²) in [6, 6.07) is 5.13. The van der Waals surface area contributed by atoms with Crippen LogP contribution in [-0.2, 0) is 0 Å². The van der Waals surface area contributed by atoms with Gasteiger partial charge in [0.05, 0.1) is 16.7 Å². The normalized spacial score (nSPS) is 9.38. The highest BCUT2D eigenvalue weighted by Gasteiger charge is 2.10. The molecule has 0 atom stereocenters. The molecule has 0 aromatic heterocycles. The van der Waals surface area contributed by atoms with Gasteiger partial charge in [-0.2, -0.15) is 5.26 Å². The molecular weight excluding hydrogens is 300 g/mol. The standard InChI is InChI=1S/C9H5ClINO/c1-5(13)7-2-6(4-12)3-8(11)9(7)10/h2-3H,1H3. The van der Waals surface area contributed by atoms with E-state index in [0.29, 0.717) is 16.1 Å². The molecule has 0 aliphatic heterocycles. The number of carbonyl (C=O) groups is 1. The van der Waals surface area contributed by atoms with Crippen LogP contribution in [0.25, 0.3) is 0 Å². The van der Waals surface area contributed by atoms with E-state index < -0.39 is 0 Å². The lowest BCUT2D eigenvalue weighted by Gasteiger charge is -2.02. The van der Waals surface area contributed by atoms with Crippen LogP contribution in [0.3, 0.4) is 0 Å². The quantitative estimate of drug-likeness (QED) is 0.591. The smallest absolute Gasteiger partial charge is 0.161 e. The van der Waals surface area contributed by atoms with E-state index in [-0.39, 0.29) is 5.78 Å². The van der Waals surface area contributed by atoms with Gasteiger partial charge in [-0.1, -0.05) is 11.6 Å². The molecule has 66 valence electrons. The Morgan fingerprint density at radius 2 is 2.23 bits per heavy atom. The van der Waals surface area contributed by atoms with E-state index in [1.54, 1.807) is 6.07 Å². The fraction of sp³-hybridized carbons (Fsp3) is 0.111. The van der Waals surface area contributed by atoms with Crippen LogP contribution in [0.5, 0.6) is 0 Å². The minimum absolute atomic E-state index is 0.125. The van der Waals surface area contributed by atoms with Crippen molar-refractivity contribution in [3.63, 3.8) is 0 Å². The summed E-state index contributed by atoms with van der Waals surface area (Å²) in [7, 11) is 0. The highest BCUT2D eigenvalue weighted by atomic mass is 127. The Hall–Kier alpha value is -0.600. The highest BCUT2D eigenvalue weighted by Crippen LogP contribution is 2.24. The van der Waals surface area contributed by atoms with Gasteiger partial charge in [-0.3, -0.25) is 4.79 Å². The van der Waals surface area contributed by atoms with Gasteiger partial charge in [0.25, 0.3) is 0 Å². The molecule has 0 fully saturated rings. The highest BCUT2D eigenvalue weighted by molar-refractivity contribution is 14.1. The number of nitriles is 1. The van der Waals surface area contributed by atoms with Crippen LogP contribution < -0.4 is 0 Å². The van der Waals surface area contributed by atoms with Crippen LogP contribution in [-0.4, -0.2) is 5.78 Å². The number of halogens is 2. The second-order valence-electron chi connectivity index (χ2n) is 2.49. The van der Waals surface area contributed by atoms with Crippen LogP contribution in [0.4, 0.5) is 0 Å². The first-order valence-corrected chi connectivity index (χ1v) is 4.92. The Bertz CT molecular complexity index is 409. The molecule has 0 amide bonds. The van der Waals surface area contributed by atoms with Crippen molar-refractivity contribution < 1.29 is 4.79 Å². The Morgan fingerprint density at radius 3 is 2.69 bits per heavy atom. The molecule has 0 aliphatic rings. The summed E-state index contributed by atoms with van der Waals surface area (Å²) in [6.07, 6.45) is 0. The van der Waals surface area contributed by atoms with E-state index in [0.717, 1.165) is 3.57 Å². The number of nitrogens with zero attached hydrogens (tertiary/aromatic N) is 1. The van der Waals surface area contributed by atoms with E-state index in [4.69, 9.17) is 16.9 Å². The van der Waals surface area contributed by atoms with Crippen LogP contribution >= 0.6 is 34.2 Å². The van der Waals surface area contributed by atoms with Crippen molar-refractivity contribution >= 4 is 40.0 Å². The minimum atomic E-state index is -0.125. The van der Waals surface area contributed by atoms with E-state index in [1.807, 2.05) is 28.7 Å². The number of rotatable bonds is 1. The van der Waals surface area contributed by atoms with Crippen molar-refractivity contribution in [3.05, 3.63) is 31.9 Å². The zero-order chi connectivity index (χ0) is 10.0. The maximum atomic E-state index is 11.1. The second kappa shape index (κ2) is 4.07. The molecule has 0 aliphatic carbocycles. The monoisotopic (exact) mass is 305 g/mol. The summed E-state index contributed by atoms with van der Waals surface area (Å²) in [6.45, 7) is 1.43. The van der Waals surface area contributed by atoms with Gasteiger partial charge in [0.15, 0.2) is 5.78 Å². The lowest BCUT2D eigenvalue weighted by atomic mass is 10.1. The summed E-state index contributed by atoms with van der Waals surface area (Å²) < 4.78 is 0.725. The van der Waals surface area contributed by atoms with Gasteiger partial charge in [0.1, 0.15) is 0 Å². The average Bonchev–Trinajstić information content (AvgIpc) is 2.09. The Labute approximate surface area is 94.6 Å². The van der Waals surface area contributed by atoms with Crippen LogP contribution in [0.1, 0.15) is 22.8 Å². The van der Waals surface area contributed by atoms with Crippen molar-refractivity contribution in [2.75, 3.05) is 0 Å². The number of ketones is 1. The summed E-state index contributed by atoms with van der Waals surface area (Å²) >= 11 is 7.88. The topological polar surface area (TPSA) is 40.9 Å². The SMILES string of the molecule is CC(=O)c1cc(C#N)cc(I)c1Cl. The zero-order valence-corrected chi connectivity index (χ0v) is 9.68. The third kappa shape index (κ3) is 2.20. The van der Waals surface area contributed by atoms with Crippen LogP contribution in [0.15, 0.2) is 12.1 Å². The van der Waals surface area contributed by atoms with Gasteiger partial charge in [-0.15, -0.1) is 0 Å². The molecule has 0 N–H and O–H groups in total. The number of hydrogen-bond donors (Lipinski definition) is 0. The molecule has 0 saturated carbocycles. The van der Waals surface area contributed by atoms with Crippen molar-refractivity contribution in [1.82, 2.24) is 0 Å². The summed E-state index contributed by atoms with van der Waals surface area (Å²) in [4.78, 5) is 11.1. The number of Topliss-reactive ketones (excluding diaryl/α,β-unsaturated/α-hetero) is 1. The largest absolute Gasteiger partial charge is 0.294 e. The number of benzene rings is 1. The molecule has 0 spiro atoms. The van der Waals surface area contributed by atoms with Gasteiger partial charge in [0.2, 0.25) is 0 Å². The molecule has 0 unspecified atom stereocenters. The fourth-order valence-corrected chi connectivity index (χ4v) is 1.78. The molecule has 0 saturated heterocycles. The summed E-state index contributed by atoms with van der Waals surface area (Å²) in [5.41, 5.74) is 0.865. The first-order chi connectivity index (χ1) is 6.06. The lowest BCUT2D eigenvalue weighted by molar-refractivity contribution is 0.101. The van der Waals surface area contributed by atoms with Gasteiger partial charge < -0.3 is 0 Å². The van der Waals surface area contributed by atoms with Crippen molar-refractivity contribution in [3.8, 4) is 6.07 Å². The van der Waals surface area contributed by atoms with Gasteiger partial charge in [0, 0.05) is 9.13 Å². The molecule has 0 heterocycles. The third-order valence-electron chi connectivity index (χ3n) is 1.54. The summed E-state index contributed by atoms with van der Waals surface area (Å²) in [5.74, 6) is -0.125. The van der Waals surface area contributed by atoms with Crippen molar-refractivity contribution in [2.24, 2.45) is 0 Å². The van der Waals surface area contributed by atoms with E-state index in [2.05, 4.69) is 0 Å². The van der Waals surface area contributed by atoms with E-state index in [9.17, 15) is 4.79 Å². The fourth-order valence-electron chi connectivity index (χ4n) is 0.910. The van der Waals surface area contributed by atoms with Crippen molar-refractivity contribution in [1.29, 1.82) is 5.26 Å². The Balaban J connectivity index is 3.44. The molecule has 1 aromatic carbocycles. The van der Waals surface area contributed by atoms with E-state index >= 15 is 0 Å². The Morgan fingerprint density at radius 1 is 1.62 bits per heavy atom. The molecule has 0 radical (unpaired) electrons. The average molecular weight is 306 g/mol. The van der Waals surface area contributed by atoms with Crippen molar-refractivity contribution in [2.45, 2.75) is 6.92 Å². The van der Waals surface area contributed by atoms with Crippen LogP contribution in [0.2, 0.25) is 5.02 Å².